The molecule has 66 valence electrons. The van der Waals surface area contributed by atoms with Crippen LogP contribution in [0, 0.1) is 5.92 Å². The fourth-order valence-electron chi connectivity index (χ4n) is 1.53. The third-order valence-corrected chi connectivity index (χ3v) is 3.77. The van der Waals surface area contributed by atoms with E-state index in [-0.39, 0.29) is 0 Å². The maximum Gasteiger partial charge on any atom is 0.0700 e. The molecule has 2 atom stereocenters. The lowest BCUT2D eigenvalue weighted by Gasteiger charge is -2.37. The molecule has 0 bridgehead atoms. The van der Waals surface area contributed by atoms with Crippen LogP contribution in [0.2, 0.25) is 0 Å². The summed E-state index contributed by atoms with van der Waals surface area (Å²) in [6.45, 7) is 2.72. The zero-order chi connectivity index (χ0) is 8.32. The molecule has 0 aliphatic carbocycles. The zero-order valence-corrected chi connectivity index (χ0v) is 7.86. The second-order valence-corrected chi connectivity index (χ2v) is 4.52. The Balaban J connectivity index is 2.49. The molecule has 3 N–H and O–H groups in total. The van der Waals surface area contributed by atoms with Crippen LogP contribution in [-0.4, -0.2) is 28.8 Å². The van der Waals surface area contributed by atoms with Gasteiger partial charge in [0.05, 0.1) is 5.60 Å². The van der Waals surface area contributed by atoms with Gasteiger partial charge >= 0.3 is 0 Å². The first kappa shape index (κ1) is 9.36. The second-order valence-electron chi connectivity index (χ2n) is 3.37. The van der Waals surface area contributed by atoms with Crippen LogP contribution in [-0.2, 0) is 0 Å². The number of aliphatic hydroxyl groups is 1. The molecule has 11 heavy (non-hydrogen) atoms. The first-order chi connectivity index (χ1) is 5.19. The molecule has 2 unspecified atom stereocenters. The molecule has 3 heteroatoms. The fourth-order valence-corrected chi connectivity index (χ4v) is 2.86. The summed E-state index contributed by atoms with van der Waals surface area (Å²) in [6, 6.07) is 0. The predicted octanol–water partition coefficient (Wildman–Crippen LogP) is 0.839. The summed E-state index contributed by atoms with van der Waals surface area (Å²) in [4.78, 5) is 0. The van der Waals surface area contributed by atoms with Crippen molar-refractivity contribution in [3.05, 3.63) is 0 Å². The van der Waals surface area contributed by atoms with Crippen molar-refractivity contribution in [3.63, 3.8) is 0 Å². The van der Waals surface area contributed by atoms with Gasteiger partial charge in [-0.05, 0) is 36.8 Å². The molecule has 0 spiro atoms. The Hall–Kier alpha value is 0.270. The molecule has 2 nitrogen and oxygen atoms in total. The smallest absolute Gasteiger partial charge is 0.0700 e. The molecule has 1 rings (SSSR count). The molecule has 0 saturated carbocycles. The lowest BCUT2D eigenvalue weighted by molar-refractivity contribution is -0.0144. The molecule has 1 aliphatic heterocycles. The van der Waals surface area contributed by atoms with Crippen molar-refractivity contribution in [2.24, 2.45) is 11.7 Å². The number of hydrogen-bond donors (Lipinski definition) is 2. The summed E-state index contributed by atoms with van der Waals surface area (Å²) < 4.78 is 0. The van der Waals surface area contributed by atoms with Gasteiger partial charge in [0.25, 0.3) is 0 Å². The van der Waals surface area contributed by atoms with E-state index in [1.807, 2.05) is 11.8 Å². The Morgan fingerprint density at radius 2 is 2.45 bits per heavy atom. The second kappa shape index (κ2) is 3.78. The standard InChI is InChI=1S/C8H17NOS/c1-7-6-11-5-3-8(7,10)2-4-9/h7,10H,2-6,9H2,1H3. The molecule has 0 amide bonds. The van der Waals surface area contributed by atoms with Crippen LogP contribution in [0.3, 0.4) is 0 Å². The molecular weight excluding hydrogens is 158 g/mol. The van der Waals surface area contributed by atoms with E-state index in [1.54, 1.807) is 0 Å². The topological polar surface area (TPSA) is 46.2 Å². The van der Waals surface area contributed by atoms with Crippen molar-refractivity contribution < 1.29 is 5.11 Å². The average Bonchev–Trinajstić information content (AvgIpc) is 1.96. The van der Waals surface area contributed by atoms with Gasteiger partial charge in [0.2, 0.25) is 0 Å². The van der Waals surface area contributed by atoms with Gasteiger partial charge in [0, 0.05) is 0 Å². The van der Waals surface area contributed by atoms with Gasteiger partial charge in [0.15, 0.2) is 0 Å². The van der Waals surface area contributed by atoms with Crippen molar-refractivity contribution >= 4 is 11.8 Å². The zero-order valence-electron chi connectivity index (χ0n) is 7.05. The van der Waals surface area contributed by atoms with Crippen LogP contribution in [0.15, 0.2) is 0 Å². The molecule has 1 heterocycles. The lowest BCUT2D eigenvalue weighted by atomic mass is 9.84. The third-order valence-electron chi connectivity index (χ3n) is 2.54. The molecular formula is C8H17NOS. The van der Waals surface area contributed by atoms with E-state index in [4.69, 9.17) is 5.73 Å². The molecule has 0 aromatic rings. The Labute approximate surface area is 72.5 Å². The summed E-state index contributed by atoms with van der Waals surface area (Å²) in [7, 11) is 0. The van der Waals surface area contributed by atoms with E-state index in [0.717, 1.165) is 24.3 Å². The normalized spacial score (nSPS) is 39.0. The van der Waals surface area contributed by atoms with Crippen LogP contribution in [0.25, 0.3) is 0 Å². The summed E-state index contributed by atoms with van der Waals surface area (Å²) in [5.41, 5.74) is 4.98. The molecule has 0 aromatic heterocycles. The Kier molecular flexibility index (Phi) is 3.22. The highest BCUT2D eigenvalue weighted by Gasteiger charge is 2.35. The van der Waals surface area contributed by atoms with Gasteiger partial charge in [-0.1, -0.05) is 6.92 Å². The largest absolute Gasteiger partial charge is 0.390 e. The van der Waals surface area contributed by atoms with Crippen molar-refractivity contribution in [1.29, 1.82) is 0 Å². The van der Waals surface area contributed by atoms with Gasteiger partial charge in [-0.25, -0.2) is 0 Å². The Bertz CT molecular complexity index is 127. The van der Waals surface area contributed by atoms with Crippen molar-refractivity contribution in [1.82, 2.24) is 0 Å². The molecule has 0 aromatic carbocycles. The van der Waals surface area contributed by atoms with Gasteiger partial charge < -0.3 is 10.8 Å². The Morgan fingerprint density at radius 1 is 1.73 bits per heavy atom. The van der Waals surface area contributed by atoms with E-state index in [9.17, 15) is 5.11 Å². The molecule has 1 saturated heterocycles. The minimum Gasteiger partial charge on any atom is -0.390 e. The van der Waals surface area contributed by atoms with E-state index in [2.05, 4.69) is 6.92 Å². The maximum atomic E-state index is 10.0. The van der Waals surface area contributed by atoms with Crippen molar-refractivity contribution in [3.8, 4) is 0 Å². The van der Waals surface area contributed by atoms with E-state index < -0.39 is 5.60 Å². The van der Waals surface area contributed by atoms with Crippen molar-refractivity contribution in [2.75, 3.05) is 18.1 Å². The quantitative estimate of drug-likeness (QED) is 0.654. The van der Waals surface area contributed by atoms with Crippen LogP contribution < -0.4 is 5.73 Å². The van der Waals surface area contributed by atoms with Crippen LogP contribution in [0.5, 0.6) is 0 Å². The highest BCUT2D eigenvalue weighted by Crippen LogP contribution is 2.33. The van der Waals surface area contributed by atoms with Gasteiger partial charge in [-0.15, -0.1) is 0 Å². The molecule has 0 radical (unpaired) electrons. The van der Waals surface area contributed by atoms with E-state index in [1.165, 1.54) is 0 Å². The van der Waals surface area contributed by atoms with E-state index in [0.29, 0.717) is 12.5 Å². The summed E-state index contributed by atoms with van der Waals surface area (Å²) in [6.07, 6.45) is 1.67. The summed E-state index contributed by atoms with van der Waals surface area (Å²) in [5.74, 6) is 2.57. The first-order valence-corrected chi connectivity index (χ1v) is 5.35. The molecule has 1 aliphatic rings. The van der Waals surface area contributed by atoms with Crippen molar-refractivity contribution in [2.45, 2.75) is 25.4 Å². The first-order valence-electron chi connectivity index (χ1n) is 4.19. The SMILES string of the molecule is CC1CSCCC1(O)CCN. The monoisotopic (exact) mass is 175 g/mol. The Morgan fingerprint density at radius 3 is 3.00 bits per heavy atom. The minimum absolute atomic E-state index is 0.407. The van der Waals surface area contributed by atoms with Gasteiger partial charge in [0.1, 0.15) is 0 Å². The minimum atomic E-state index is -0.458. The number of hydrogen-bond acceptors (Lipinski definition) is 3. The third kappa shape index (κ3) is 2.10. The average molecular weight is 175 g/mol. The van der Waals surface area contributed by atoms with Crippen LogP contribution in [0.1, 0.15) is 19.8 Å². The number of nitrogens with two attached hydrogens (primary N) is 1. The summed E-state index contributed by atoms with van der Waals surface area (Å²) in [5, 5.41) is 10.0. The highest BCUT2D eigenvalue weighted by molar-refractivity contribution is 7.99. The van der Waals surface area contributed by atoms with E-state index >= 15 is 0 Å². The highest BCUT2D eigenvalue weighted by atomic mass is 32.2. The fraction of sp³-hybridized carbons (Fsp3) is 1.00. The predicted molar refractivity (Wildman–Crippen MR) is 49.7 cm³/mol. The molecule has 1 fully saturated rings. The van der Waals surface area contributed by atoms with Crippen LogP contribution >= 0.6 is 11.8 Å². The number of thioether (sulfide) groups is 1. The lowest BCUT2D eigenvalue weighted by Crippen LogP contribution is -2.42. The van der Waals surface area contributed by atoms with Gasteiger partial charge in [-0.2, -0.15) is 11.8 Å². The maximum absolute atomic E-state index is 10.0. The van der Waals surface area contributed by atoms with Gasteiger partial charge in [-0.3, -0.25) is 0 Å². The summed E-state index contributed by atoms with van der Waals surface area (Å²) >= 11 is 1.93. The number of rotatable bonds is 2. The van der Waals surface area contributed by atoms with Crippen LogP contribution in [0.4, 0.5) is 0 Å².